The number of aromatic nitrogens is 2. The SMILES string of the molecule is Cc1ccc(NC(=O)c2ccnc(Nc3ccc(F)cc3)n2)cc1C. The van der Waals surface area contributed by atoms with E-state index in [1.165, 1.54) is 24.4 Å². The fourth-order valence-electron chi connectivity index (χ4n) is 2.22. The maximum Gasteiger partial charge on any atom is 0.274 e. The zero-order chi connectivity index (χ0) is 17.8. The zero-order valence-electron chi connectivity index (χ0n) is 13.9. The molecule has 3 rings (SSSR count). The predicted molar refractivity (Wildman–Crippen MR) is 95.6 cm³/mol. The van der Waals surface area contributed by atoms with E-state index in [1.807, 2.05) is 32.0 Å². The number of aryl methyl sites for hydroxylation is 2. The number of nitrogens with zero attached hydrogens (tertiary/aromatic N) is 2. The highest BCUT2D eigenvalue weighted by Gasteiger charge is 2.10. The number of rotatable bonds is 4. The van der Waals surface area contributed by atoms with Gasteiger partial charge in [-0.2, -0.15) is 0 Å². The number of anilines is 3. The van der Waals surface area contributed by atoms with Crippen molar-refractivity contribution in [2.75, 3.05) is 10.6 Å². The molecule has 6 heteroatoms. The number of amides is 1. The molecule has 5 nitrogen and oxygen atoms in total. The molecule has 2 N–H and O–H groups in total. The topological polar surface area (TPSA) is 66.9 Å². The van der Waals surface area contributed by atoms with Gasteiger partial charge < -0.3 is 10.6 Å². The first kappa shape index (κ1) is 16.6. The summed E-state index contributed by atoms with van der Waals surface area (Å²) in [6.07, 6.45) is 1.49. The summed E-state index contributed by atoms with van der Waals surface area (Å²) in [5.41, 5.74) is 3.83. The van der Waals surface area contributed by atoms with Crippen LogP contribution in [0.2, 0.25) is 0 Å². The van der Waals surface area contributed by atoms with Crippen LogP contribution in [0.3, 0.4) is 0 Å². The Bertz CT molecular complexity index is 910. The van der Waals surface area contributed by atoms with Crippen LogP contribution in [0, 0.1) is 19.7 Å². The minimum absolute atomic E-state index is 0.234. The highest BCUT2D eigenvalue weighted by Crippen LogP contribution is 2.16. The lowest BCUT2D eigenvalue weighted by molar-refractivity contribution is 0.102. The molecule has 126 valence electrons. The highest BCUT2D eigenvalue weighted by atomic mass is 19.1. The van der Waals surface area contributed by atoms with Crippen molar-refractivity contribution >= 4 is 23.2 Å². The molecule has 2 aromatic carbocycles. The van der Waals surface area contributed by atoms with Gasteiger partial charge in [-0.25, -0.2) is 14.4 Å². The van der Waals surface area contributed by atoms with Crippen LogP contribution in [0.25, 0.3) is 0 Å². The van der Waals surface area contributed by atoms with Gasteiger partial charge in [-0.1, -0.05) is 6.07 Å². The molecule has 0 fully saturated rings. The van der Waals surface area contributed by atoms with Gasteiger partial charge in [0.15, 0.2) is 0 Å². The molecule has 0 spiro atoms. The van der Waals surface area contributed by atoms with Gasteiger partial charge in [0.2, 0.25) is 5.95 Å². The number of halogens is 1. The lowest BCUT2D eigenvalue weighted by Gasteiger charge is -2.09. The molecular formula is C19H17FN4O. The molecule has 1 heterocycles. The summed E-state index contributed by atoms with van der Waals surface area (Å²) < 4.78 is 12.9. The van der Waals surface area contributed by atoms with E-state index in [1.54, 1.807) is 12.1 Å². The van der Waals surface area contributed by atoms with Gasteiger partial charge in [0.1, 0.15) is 11.5 Å². The fraction of sp³-hybridized carbons (Fsp3) is 0.105. The van der Waals surface area contributed by atoms with Crippen LogP contribution >= 0.6 is 0 Å². The Kier molecular flexibility index (Phi) is 4.70. The third kappa shape index (κ3) is 4.17. The van der Waals surface area contributed by atoms with Gasteiger partial charge >= 0.3 is 0 Å². The Labute approximate surface area is 145 Å². The lowest BCUT2D eigenvalue weighted by atomic mass is 10.1. The average Bonchev–Trinajstić information content (AvgIpc) is 2.60. The molecule has 1 aromatic heterocycles. The largest absolute Gasteiger partial charge is 0.324 e. The van der Waals surface area contributed by atoms with Crippen LogP contribution in [0.4, 0.5) is 21.7 Å². The van der Waals surface area contributed by atoms with Gasteiger partial charge in [-0.3, -0.25) is 4.79 Å². The van der Waals surface area contributed by atoms with E-state index in [-0.39, 0.29) is 23.4 Å². The number of benzene rings is 2. The summed E-state index contributed by atoms with van der Waals surface area (Å²) in [5, 5.41) is 5.76. The maximum atomic E-state index is 12.9. The van der Waals surface area contributed by atoms with Crippen molar-refractivity contribution in [2.45, 2.75) is 13.8 Å². The van der Waals surface area contributed by atoms with Gasteiger partial charge in [0.25, 0.3) is 5.91 Å². The second-order valence-electron chi connectivity index (χ2n) is 5.65. The van der Waals surface area contributed by atoms with Gasteiger partial charge in [0.05, 0.1) is 0 Å². The third-order valence-corrected chi connectivity index (χ3v) is 3.75. The van der Waals surface area contributed by atoms with E-state index in [2.05, 4.69) is 20.6 Å². The second-order valence-corrected chi connectivity index (χ2v) is 5.65. The van der Waals surface area contributed by atoms with E-state index in [0.717, 1.165) is 11.1 Å². The van der Waals surface area contributed by atoms with Crippen LogP contribution < -0.4 is 10.6 Å². The lowest BCUT2D eigenvalue weighted by Crippen LogP contribution is -2.15. The second kappa shape index (κ2) is 7.09. The van der Waals surface area contributed by atoms with E-state index < -0.39 is 0 Å². The smallest absolute Gasteiger partial charge is 0.274 e. The monoisotopic (exact) mass is 336 g/mol. The molecule has 25 heavy (non-hydrogen) atoms. The number of hydrogen-bond donors (Lipinski definition) is 2. The molecule has 0 radical (unpaired) electrons. The highest BCUT2D eigenvalue weighted by molar-refractivity contribution is 6.03. The van der Waals surface area contributed by atoms with Crippen molar-refractivity contribution in [3.8, 4) is 0 Å². The maximum absolute atomic E-state index is 12.9. The molecule has 0 unspecified atom stereocenters. The molecule has 0 saturated carbocycles. The van der Waals surface area contributed by atoms with Crippen LogP contribution in [-0.2, 0) is 0 Å². The Morgan fingerprint density at radius 2 is 1.68 bits per heavy atom. The summed E-state index contributed by atoms with van der Waals surface area (Å²) in [6.45, 7) is 4.00. The standard InChI is InChI=1S/C19H17FN4O/c1-12-3-6-16(11-13(12)2)22-18(25)17-9-10-21-19(24-17)23-15-7-4-14(20)5-8-15/h3-11H,1-2H3,(H,22,25)(H,21,23,24). The van der Waals surface area contributed by atoms with Crippen molar-refractivity contribution in [3.63, 3.8) is 0 Å². The van der Waals surface area contributed by atoms with E-state index in [9.17, 15) is 9.18 Å². The summed E-state index contributed by atoms with van der Waals surface area (Å²) in [5.74, 6) is -0.389. The van der Waals surface area contributed by atoms with E-state index >= 15 is 0 Å². The molecule has 0 aliphatic rings. The van der Waals surface area contributed by atoms with Crippen molar-refractivity contribution in [1.82, 2.24) is 9.97 Å². The van der Waals surface area contributed by atoms with Crippen molar-refractivity contribution < 1.29 is 9.18 Å². The molecule has 3 aromatic rings. The number of nitrogens with one attached hydrogen (secondary N) is 2. The fourth-order valence-corrected chi connectivity index (χ4v) is 2.22. The molecule has 0 bridgehead atoms. The first-order valence-corrected chi connectivity index (χ1v) is 7.75. The summed E-state index contributed by atoms with van der Waals surface area (Å²) in [7, 11) is 0. The minimum atomic E-state index is -0.326. The number of carbonyl (C=O) groups excluding carboxylic acids is 1. The molecule has 0 saturated heterocycles. The Morgan fingerprint density at radius 1 is 0.960 bits per heavy atom. The molecular weight excluding hydrogens is 319 g/mol. The van der Waals surface area contributed by atoms with Gasteiger partial charge in [0, 0.05) is 17.6 Å². The van der Waals surface area contributed by atoms with Crippen molar-refractivity contribution in [3.05, 3.63) is 77.4 Å². The van der Waals surface area contributed by atoms with E-state index in [0.29, 0.717) is 11.4 Å². The zero-order valence-corrected chi connectivity index (χ0v) is 13.9. The normalized spacial score (nSPS) is 10.4. The average molecular weight is 336 g/mol. The van der Waals surface area contributed by atoms with Crippen molar-refractivity contribution in [2.24, 2.45) is 0 Å². The predicted octanol–water partition coefficient (Wildman–Crippen LogP) is 4.23. The van der Waals surface area contributed by atoms with Crippen LogP contribution in [0.5, 0.6) is 0 Å². The summed E-state index contributed by atoms with van der Waals surface area (Å²) >= 11 is 0. The van der Waals surface area contributed by atoms with Gasteiger partial charge in [-0.15, -0.1) is 0 Å². The van der Waals surface area contributed by atoms with Crippen LogP contribution in [-0.4, -0.2) is 15.9 Å². The van der Waals surface area contributed by atoms with Crippen molar-refractivity contribution in [1.29, 1.82) is 0 Å². The Morgan fingerprint density at radius 3 is 2.40 bits per heavy atom. The number of carbonyl (C=O) groups is 1. The summed E-state index contributed by atoms with van der Waals surface area (Å²) in [4.78, 5) is 20.7. The molecule has 0 aliphatic carbocycles. The third-order valence-electron chi connectivity index (χ3n) is 3.75. The van der Waals surface area contributed by atoms with Gasteiger partial charge in [-0.05, 0) is 67.4 Å². The Hall–Kier alpha value is -3.28. The Balaban J connectivity index is 1.74. The van der Waals surface area contributed by atoms with Crippen LogP contribution in [0.1, 0.15) is 21.6 Å². The summed E-state index contributed by atoms with van der Waals surface area (Å²) in [6, 6.07) is 13.0. The first-order valence-electron chi connectivity index (χ1n) is 7.75. The molecule has 0 aliphatic heterocycles. The minimum Gasteiger partial charge on any atom is -0.324 e. The van der Waals surface area contributed by atoms with Crippen LogP contribution in [0.15, 0.2) is 54.7 Å². The first-order chi connectivity index (χ1) is 12.0. The molecule has 1 amide bonds. The van der Waals surface area contributed by atoms with E-state index in [4.69, 9.17) is 0 Å². The molecule has 0 atom stereocenters. The quantitative estimate of drug-likeness (QED) is 0.748. The number of hydrogen-bond acceptors (Lipinski definition) is 4.